The van der Waals surface area contributed by atoms with Crippen LogP contribution in [0.25, 0.3) is 0 Å². The van der Waals surface area contributed by atoms with E-state index in [-0.39, 0.29) is 23.7 Å². The molecule has 1 aromatic rings. The summed E-state index contributed by atoms with van der Waals surface area (Å²) in [5.74, 6) is 1.10. The molecule has 4 rings (SSSR count). The Kier molecular flexibility index (Phi) is 2.06. The SMILES string of the molecule is O=C1[C@@H]2CC[C@@H](C2)C(=O)[C@H]2C[C@H]1c1ccccc12. The standard InChI is InChI=1S/C16H16O2/c17-15-9-5-6-10(7-9)16(18)14-8-13(15)11-3-1-2-4-12(11)14/h1-4,9-10,13-14H,5-8H2/t9-,10+,13-,14-/m0/s1. The molecule has 4 bridgehead atoms. The van der Waals surface area contributed by atoms with Gasteiger partial charge in [0.25, 0.3) is 0 Å². The quantitative estimate of drug-likeness (QED) is 0.698. The number of hydrogen-bond donors (Lipinski definition) is 0. The highest BCUT2D eigenvalue weighted by molar-refractivity contribution is 5.97. The second-order valence-electron chi connectivity index (χ2n) is 5.98. The number of benzene rings is 1. The van der Waals surface area contributed by atoms with Crippen molar-refractivity contribution in [2.45, 2.75) is 37.5 Å². The molecule has 0 heterocycles. The molecule has 92 valence electrons. The summed E-state index contributed by atoms with van der Waals surface area (Å²) in [6.07, 6.45) is 3.42. The van der Waals surface area contributed by atoms with E-state index in [1.807, 2.05) is 24.3 Å². The van der Waals surface area contributed by atoms with Gasteiger partial charge in [0.1, 0.15) is 11.6 Å². The number of carbonyl (C=O) groups excluding carboxylic acids is 2. The molecule has 0 aromatic heterocycles. The van der Waals surface area contributed by atoms with Crippen LogP contribution in [0.3, 0.4) is 0 Å². The Bertz CT molecular complexity index is 499. The molecule has 2 nitrogen and oxygen atoms in total. The van der Waals surface area contributed by atoms with E-state index in [0.29, 0.717) is 11.6 Å². The molecule has 18 heavy (non-hydrogen) atoms. The number of fused-ring (bicyclic) bond motifs is 7. The van der Waals surface area contributed by atoms with Crippen molar-refractivity contribution in [3.63, 3.8) is 0 Å². The summed E-state index contributed by atoms with van der Waals surface area (Å²) in [7, 11) is 0. The average molecular weight is 240 g/mol. The van der Waals surface area contributed by atoms with Crippen molar-refractivity contribution in [3.05, 3.63) is 35.4 Å². The molecule has 0 radical (unpaired) electrons. The van der Waals surface area contributed by atoms with Crippen LogP contribution in [0.5, 0.6) is 0 Å². The van der Waals surface area contributed by atoms with E-state index in [9.17, 15) is 9.59 Å². The third-order valence-electron chi connectivity index (χ3n) is 5.14. The van der Waals surface area contributed by atoms with Crippen LogP contribution in [0.4, 0.5) is 0 Å². The molecule has 4 atom stereocenters. The van der Waals surface area contributed by atoms with Crippen molar-refractivity contribution < 1.29 is 9.59 Å². The smallest absolute Gasteiger partial charge is 0.143 e. The Balaban J connectivity index is 1.89. The van der Waals surface area contributed by atoms with E-state index in [4.69, 9.17) is 0 Å². The van der Waals surface area contributed by atoms with Crippen LogP contribution < -0.4 is 0 Å². The molecule has 2 heteroatoms. The highest BCUT2D eigenvalue weighted by atomic mass is 16.1. The Morgan fingerprint density at radius 3 is 1.78 bits per heavy atom. The number of rotatable bonds is 0. The molecule has 0 saturated heterocycles. The van der Waals surface area contributed by atoms with Crippen LogP contribution in [0.15, 0.2) is 24.3 Å². The van der Waals surface area contributed by atoms with Crippen LogP contribution in [-0.2, 0) is 9.59 Å². The maximum atomic E-state index is 12.6. The predicted octanol–water partition coefficient (Wildman–Crippen LogP) is 2.83. The minimum absolute atomic E-state index is 0.000741. The molecule has 1 aromatic carbocycles. The second kappa shape index (κ2) is 3.53. The van der Waals surface area contributed by atoms with Gasteiger partial charge in [0.15, 0.2) is 0 Å². The Labute approximate surface area is 106 Å². The van der Waals surface area contributed by atoms with Gasteiger partial charge >= 0.3 is 0 Å². The third kappa shape index (κ3) is 1.23. The van der Waals surface area contributed by atoms with Crippen LogP contribution in [0, 0.1) is 11.8 Å². The third-order valence-corrected chi connectivity index (χ3v) is 5.14. The van der Waals surface area contributed by atoms with Gasteiger partial charge < -0.3 is 0 Å². The van der Waals surface area contributed by atoms with E-state index in [2.05, 4.69) is 0 Å². The second-order valence-corrected chi connectivity index (χ2v) is 5.98. The van der Waals surface area contributed by atoms with E-state index < -0.39 is 0 Å². The first kappa shape index (κ1) is 10.5. The average Bonchev–Trinajstić information content (AvgIpc) is 3.02. The summed E-state index contributed by atoms with van der Waals surface area (Å²) in [6.45, 7) is 0. The zero-order chi connectivity index (χ0) is 12.3. The van der Waals surface area contributed by atoms with Crippen molar-refractivity contribution in [3.8, 4) is 0 Å². The molecule has 3 aliphatic rings. The van der Waals surface area contributed by atoms with Gasteiger partial charge in [-0.2, -0.15) is 0 Å². The normalized spacial score (nSPS) is 37.3. The fourth-order valence-electron chi connectivity index (χ4n) is 4.24. The maximum absolute atomic E-state index is 12.6. The van der Waals surface area contributed by atoms with Crippen molar-refractivity contribution in [1.82, 2.24) is 0 Å². The highest BCUT2D eigenvalue weighted by Crippen LogP contribution is 2.50. The minimum Gasteiger partial charge on any atom is -0.299 e. The van der Waals surface area contributed by atoms with E-state index in [1.165, 1.54) is 0 Å². The van der Waals surface area contributed by atoms with Gasteiger partial charge in [-0.3, -0.25) is 9.59 Å². The lowest BCUT2D eigenvalue weighted by atomic mass is 9.81. The summed E-state index contributed by atoms with van der Waals surface area (Å²) in [6, 6.07) is 8.07. The van der Waals surface area contributed by atoms with Crippen molar-refractivity contribution >= 4 is 11.6 Å². The fraction of sp³-hybridized carbons (Fsp3) is 0.500. The van der Waals surface area contributed by atoms with Crippen molar-refractivity contribution in [2.24, 2.45) is 11.8 Å². The Morgan fingerprint density at radius 1 is 0.778 bits per heavy atom. The van der Waals surface area contributed by atoms with Gasteiger partial charge in [0.05, 0.1) is 0 Å². The zero-order valence-corrected chi connectivity index (χ0v) is 10.3. The number of hydrogen-bond acceptors (Lipinski definition) is 2. The molecule has 2 saturated carbocycles. The van der Waals surface area contributed by atoms with E-state index >= 15 is 0 Å². The first-order valence-electron chi connectivity index (χ1n) is 6.92. The van der Waals surface area contributed by atoms with Gasteiger partial charge in [-0.25, -0.2) is 0 Å². The maximum Gasteiger partial charge on any atom is 0.143 e. The first-order chi connectivity index (χ1) is 8.75. The van der Waals surface area contributed by atoms with Crippen LogP contribution in [0.2, 0.25) is 0 Å². The summed E-state index contributed by atoms with van der Waals surface area (Å²) in [5.41, 5.74) is 2.27. The molecular formula is C16H16O2. The van der Waals surface area contributed by atoms with Gasteiger partial charge in [0, 0.05) is 23.7 Å². The summed E-state index contributed by atoms with van der Waals surface area (Å²) in [4.78, 5) is 25.1. The molecule has 0 spiro atoms. The predicted molar refractivity (Wildman–Crippen MR) is 67.4 cm³/mol. The molecular weight excluding hydrogens is 224 g/mol. The van der Waals surface area contributed by atoms with Crippen LogP contribution >= 0.6 is 0 Å². The number of carbonyl (C=O) groups is 2. The van der Waals surface area contributed by atoms with E-state index in [1.54, 1.807) is 0 Å². The molecule has 2 fully saturated rings. The fourth-order valence-corrected chi connectivity index (χ4v) is 4.24. The lowest BCUT2D eigenvalue weighted by molar-refractivity contribution is -0.127. The zero-order valence-electron chi connectivity index (χ0n) is 10.3. The lowest BCUT2D eigenvalue weighted by Crippen LogP contribution is -2.25. The number of ketones is 2. The van der Waals surface area contributed by atoms with Crippen molar-refractivity contribution in [2.75, 3.05) is 0 Å². The van der Waals surface area contributed by atoms with Gasteiger partial charge in [-0.15, -0.1) is 0 Å². The lowest BCUT2D eigenvalue weighted by Gasteiger charge is -2.20. The highest BCUT2D eigenvalue weighted by Gasteiger charge is 2.48. The minimum atomic E-state index is -0.000741. The summed E-state index contributed by atoms with van der Waals surface area (Å²) < 4.78 is 0. The largest absolute Gasteiger partial charge is 0.299 e. The van der Waals surface area contributed by atoms with Gasteiger partial charge in [-0.05, 0) is 36.8 Å². The van der Waals surface area contributed by atoms with Crippen molar-refractivity contribution in [1.29, 1.82) is 0 Å². The topological polar surface area (TPSA) is 34.1 Å². The summed E-state index contributed by atoms with van der Waals surface area (Å²) >= 11 is 0. The van der Waals surface area contributed by atoms with Crippen LogP contribution in [-0.4, -0.2) is 11.6 Å². The number of Topliss-reactive ketones (excluding diaryl/α,β-unsaturated/α-hetero) is 2. The van der Waals surface area contributed by atoms with Gasteiger partial charge in [-0.1, -0.05) is 24.3 Å². The Morgan fingerprint density at radius 2 is 1.28 bits per heavy atom. The van der Waals surface area contributed by atoms with E-state index in [0.717, 1.165) is 36.8 Å². The first-order valence-corrected chi connectivity index (χ1v) is 6.92. The molecule has 0 amide bonds. The van der Waals surface area contributed by atoms with Crippen LogP contribution in [0.1, 0.15) is 48.6 Å². The molecule has 0 unspecified atom stereocenters. The molecule has 0 N–H and O–H groups in total. The monoisotopic (exact) mass is 240 g/mol. The Hall–Kier alpha value is -1.44. The molecule has 0 aliphatic heterocycles. The van der Waals surface area contributed by atoms with Gasteiger partial charge in [0.2, 0.25) is 0 Å². The summed E-state index contributed by atoms with van der Waals surface area (Å²) in [5, 5.41) is 0. The molecule has 3 aliphatic carbocycles.